The molecule has 1 amide bonds. The van der Waals surface area contributed by atoms with E-state index in [0.717, 1.165) is 0 Å². The Morgan fingerprint density at radius 1 is 0.880 bits per heavy atom. The van der Waals surface area contributed by atoms with E-state index in [1.165, 1.54) is 0 Å². The lowest BCUT2D eigenvalue weighted by Crippen LogP contribution is -2.34. The van der Waals surface area contributed by atoms with E-state index >= 15 is 0 Å². The maximum absolute atomic E-state index is 12.9. The van der Waals surface area contributed by atoms with E-state index in [0.29, 0.717) is 11.1 Å². The van der Waals surface area contributed by atoms with Crippen LogP contribution in [0, 0.1) is 0 Å². The van der Waals surface area contributed by atoms with Crippen molar-refractivity contribution < 1.29 is 17.9 Å². The number of nitrogens with one attached hydrogen (secondary N) is 1. The van der Waals surface area contributed by atoms with Crippen molar-refractivity contribution in [3.05, 3.63) is 59.7 Å². The van der Waals surface area contributed by atoms with Crippen LogP contribution in [0.3, 0.4) is 0 Å². The second-order valence-corrected chi connectivity index (χ2v) is 8.00. The van der Waals surface area contributed by atoms with Crippen molar-refractivity contribution in [1.82, 2.24) is 4.72 Å². The van der Waals surface area contributed by atoms with Gasteiger partial charge in [-0.1, -0.05) is 64.1 Å². The zero-order chi connectivity index (χ0) is 18.6. The van der Waals surface area contributed by atoms with E-state index in [4.69, 9.17) is 4.74 Å². The van der Waals surface area contributed by atoms with Crippen molar-refractivity contribution in [2.24, 2.45) is 0 Å². The summed E-state index contributed by atoms with van der Waals surface area (Å²) in [6.45, 7) is 7.67. The highest BCUT2D eigenvalue weighted by Gasteiger charge is 2.27. The number of hydrogen-bond donors (Lipinski definition) is 1. The average Bonchev–Trinajstić information content (AvgIpc) is 2.54. The maximum Gasteiger partial charge on any atom is 0.426 e. The van der Waals surface area contributed by atoms with Gasteiger partial charge in [0.15, 0.2) is 0 Å². The molecule has 0 bridgehead atoms. The first-order valence-electron chi connectivity index (χ1n) is 8.15. The maximum atomic E-state index is 12.9. The third-order valence-electron chi connectivity index (χ3n) is 3.76. The van der Waals surface area contributed by atoms with Crippen LogP contribution in [0.1, 0.15) is 50.7 Å². The van der Waals surface area contributed by atoms with Crippen LogP contribution >= 0.6 is 0 Å². The molecule has 2 aromatic rings. The Balaban J connectivity index is 2.37. The number of amides is 1. The minimum Gasteiger partial charge on any atom is -0.410 e. The molecule has 1 N–H and O–H groups in total. The summed E-state index contributed by atoms with van der Waals surface area (Å²) in [6, 6.07) is 13.7. The molecule has 0 radical (unpaired) electrons. The van der Waals surface area contributed by atoms with E-state index in [1.807, 2.05) is 38.5 Å². The lowest BCUT2D eigenvalue weighted by Gasteiger charge is -2.19. The van der Waals surface area contributed by atoms with Gasteiger partial charge in [0.25, 0.3) is 10.0 Å². The molecule has 0 aliphatic heterocycles. The van der Waals surface area contributed by atoms with Gasteiger partial charge in [0.2, 0.25) is 0 Å². The molecule has 25 heavy (non-hydrogen) atoms. The van der Waals surface area contributed by atoms with E-state index in [-0.39, 0.29) is 22.5 Å². The van der Waals surface area contributed by atoms with Crippen molar-refractivity contribution in [1.29, 1.82) is 0 Å². The molecule has 0 fully saturated rings. The molecule has 0 heterocycles. The number of rotatable bonds is 5. The Bertz CT molecular complexity index is 817. The van der Waals surface area contributed by atoms with Crippen LogP contribution in [-0.2, 0) is 10.0 Å². The zero-order valence-electron chi connectivity index (χ0n) is 14.8. The van der Waals surface area contributed by atoms with Gasteiger partial charge in [0, 0.05) is 0 Å². The summed E-state index contributed by atoms with van der Waals surface area (Å²) in [7, 11) is -4.06. The van der Waals surface area contributed by atoms with Gasteiger partial charge in [-0.2, -0.15) is 0 Å². The Labute approximate surface area is 149 Å². The smallest absolute Gasteiger partial charge is 0.410 e. The Morgan fingerprint density at radius 3 is 1.88 bits per heavy atom. The highest BCUT2D eigenvalue weighted by atomic mass is 32.2. The van der Waals surface area contributed by atoms with Crippen molar-refractivity contribution in [2.45, 2.75) is 44.4 Å². The Morgan fingerprint density at radius 2 is 1.40 bits per heavy atom. The lowest BCUT2D eigenvalue weighted by atomic mass is 9.95. The van der Waals surface area contributed by atoms with E-state index in [9.17, 15) is 13.2 Å². The molecule has 0 atom stereocenters. The fourth-order valence-electron chi connectivity index (χ4n) is 2.57. The molecule has 0 saturated carbocycles. The number of carbonyl (C=O) groups is 1. The topological polar surface area (TPSA) is 72.5 Å². The van der Waals surface area contributed by atoms with Gasteiger partial charge in [-0.25, -0.2) is 17.9 Å². The zero-order valence-corrected chi connectivity index (χ0v) is 15.6. The molecule has 0 aliphatic rings. The summed E-state index contributed by atoms with van der Waals surface area (Å²) >= 11 is 0. The minimum absolute atomic E-state index is 0.00424. The van der Waals surface area contributed by atoms with Crippen molar-refractivity contribution in [3.63, 3.8) is 0 Å². The molecule has 134 valence electrons. The number of para-hydroxylation sites is 1. The van der Waals surface area contributed by atoms with Gasteiger partial charge in [-0.3, -0.25) is 0 Å². The molecule has 5 nitrogen and oxygen atoms in total. The van der Waals surface area contributed by atoms with Gasteiger partial charge < -0.3 is 4.74 Å². The predicted molar refractivity (Wildman–Crippen MR) is 97.4 cm³/mol. The van der Waals surface area contributed by atoms with Crippen LogP contribution in [0.25, 0.3) is 0 Å². The van der Waals surface area contributed by atoms with E-state index in [2.05, 4.69) is 0 Å². The van der Waals surface area contributed by atoms with E-state index < -0.39 is 16.1 Å². The summed E-state index contributed by atoms with van der Waals surface area (Å²) in [4.78, 5) is 12.2. The fraction of sp³-hybridized carbons (Fsp3) is 0.316. The molecule has 0 saturated heterocycles. The normalized spacial score (nSPS) is 11.6. The molecular formula is C19H23NO4S. The monoisotopic (exact) mass is 361 g/mol. The summed E-state index contributed by atoms with van der Waals surface area (Å²) in [5, 5.41) is 0. The highest BCUT2D eigenvalue weighted by molar-refractivity contribution is 7.90. The molecule has 0 aliphatic carbocycles. The van der Waals surface area contributed by atoms with Gasteiger partial charge in [0.05, 0.1) is 4.90 Å². The number of sulfonamides is 1. The molecule has 2 aromatic carbocycles. The van der Waals surface area contributed by atoms with Crippen LogP contribution < -0.4 is 9.46 Å². The Hall–Kier alpha value is -2.34. The second-order valence-electron chi connectivity index (χ2n) is 6.38. The number of benzene rings is 2. The third kappa shape index (κ3) is 4.60. The highest BCUT2D eigenvalue weighted by Crippen LogP contribution is 2.31. The first-order chi connectivity index (χ1) is 11.7. The summed E-state index contributed by atoms with van der Waals surface area (Å²) in [5.74, 6) is 0.266. The van der Waals surface area contributed by atoms with E-state index in [1.54, 1.807) is 42.5 Å². The summed E-state index contributed by atoms with van der Waals surface area (Å²) in [5.41, 5.74) is 1.34. The van der Waals surface area contributed by atoms with Gasteiger partial charge in [0.1, 0.15) is 5.75 Å². The van der Waals surface area contributed by atoms with Crippen molar-refractivity contribution in [2.75, 3.05) is 0 Å². The second kappa shape index (κ2) is 7.70. The molecule has 6 heteroatoms. The van der Waals surface area contributed by atoms with Crippen LogP contribution in [0.15, 0.2) is 53.4 Å². The minimum atomic E-state index is -4.06. The first kappa shape index (κ1) is 19.0. The van der Waals surface area contributed by atoms with Gasteiger partial charge >= 0.3 is 6.09 Å². The summed E-state index contributed by atoms with van der Waals surface area (Å²) in [6.07, 6.45) is -1.03. The van der Waals surface area contributed by atoms with Crippen LogP contribution in [-0.4, -0.2) is 14.5 Å². The number of hydrogen-bond acceptors (Lipinski definition) is 4. The van der Waals surface area contributed by atoms with Crippen molar-refractivity contribution in [3.8, 4) is 5.75 Å². The quantitative estimate of drug-likeness (QED) is 0.856. The SMILES string of the molecule is CC(C)c1cccc(C(C)C)c1S(=O)(=O)NC(=O)Oc1ccccc1. The first-order valence-corrected chi connectivity index (χ1v) is 9.63. The molecule has 2 rings (SSSR count). The number of carbonyl (C=O) groups excluding carboxylic acids is 1. The fourth-order valence-corrected chi connectivity index (χ4v) is 4.16. The van der Waals surface area contributed by atoms with Crippen LogP contribution in [0.2, 0.25) is 0 Å². The third-order valence-corrected chi connectivity index (χ3v) is 5.20. The van der Waals surface area contributed by atoms with Crippen LogP contribution in [0.4, 0.5) is 4.79 Å². The predicted octanol–water partition coefficient (Wildman–Crippen LogP) is 4.41. The van der Waals surface area contributed by atoms with Gasteiger partial charge in [-0.05, 0) is 35.1 Å². The number of ether oxygens (including phenoxy) is 1. The summed E-state index contributed by atoms with van der Waals surface area (Å²) < 4.78 is 32.8. The largest absolute Gasteiger partial charge is 0.426 e. The molecule has 0 unspecified atom stereocenters. The molecular weight excluding hydrogens is 338 g/mol. The van der Waals surface area contributed by atoms with Gasteiger partial charge in [-0.15, -0.1) is 0 Å². The molecule has 0 aromatic heterocycles. The standard InChI is InChI=1S/C19H23NO4S/c1-13(2)16-11-8-12-17(14(3)4)18(16)25(22,23)20-19(21)24-15-9-6-5-7-10-15/h5-14H,1-4H3,(H,20,21). The molecule has 0 spiro atoms. The Kier molecular flexibility index (Phi) is 5.85. The van der Waals surface area contributed by atoms with Crippen LogP contribution in [0.5, 0.6) is 5.75 Å². The van der Waals surface area contributed by atoms with Crippen molar-refractivity contribution >= 4 is 16.1 Å². The lowest BCUT2D eigenvalue weighted by molar-refractivity contribution is 0.207. The average molecular weight is 361 g/mol.